The molecule has 0 saturated heterocycles. The Kier molecular flexibility index (Phi) is 6.66. The van der Waals surface area contributed by atoms with Crippen LogP contribution in [0.15, 0.2) is 12.2 Å². The Morgan fingerprint density at radius 1 is 1.09 bits per heavy atom. The number of Topliss-reactive ketones (excluding diaryl/α,β-unsaturated/α-hetero) is 1. The molecule has 4 fully saturated rings. The third kappa shape index (κ3) is 3.69. The summed E-state index contributed by atoms with van der Waals surface area (Å²) in [6, 6.07) is 0. The molecule has 0 heterocycles. The maximum atomic E-state index is 14.0. The lowest BCUT2D eigenvalue weighted by Crippen LogP contribution is -2.60. The van der Waals surface area contributed by atoms with Crippen LogP contribution < -0.4 is 0 Å². The molecule has 0 bridgehead atoms. The van der Waals surface area contributed by atoms with Crippen molar-refractivity contribution in [2.45, 2.75) is 92.1 Å². The Morgan fingerprint density at radius 2 is 1.78 bits per heavy atom. The van der Waals surface area contributed by atoms with E-state index in [9.17, 15) is 14.7 Å². The highest BCUT2D eigenvalue weighted by molar-refractivity contribution is 5.86. The van der Waals surface area contributed by atoms with Gasteiger partial charge in [-0.25, -0.2) is 4.79 Å². The Morgan fingerprint density at radius 3 is 2.47 bits per heavy atom. The molecule has 4 heteroatoms. The minimum atomic E-state index is -0.255. The first kappa shape index (κ1) is 24.0. The molecular formula is C28H44O4. The smallest absolute Gasteiger partial charge is 0.330 e. The van der Waals surface area contributed by atoms with E-state index < -0.39 is 0 Å². The van der Waals surface area contributed by atoms with E-state index in [1.165, 1.54) is 6.42 Å². The Bertz CT molecular complexity index is 759. The van der Waals surface area contributed by atoms with Gasteiger partial charge in [-0.3, -0.25) is 4.79 Å². The van der Waals surface area contributed by atoms with Crippen LogP contribution in [0.4, 0.5) is 0 Å². The number of rotatable bonds is 5. The van der Waals surface area contributed by atoms with Gasteiger partial charge in [-0.15, -0.1) is 0 Å². The van der Waals surface area contributed by atoms with Crippen molar-refractivity contribution in [3.8, 4) is 0 Å². The molecule has 0 aliphatic heterocycles. The van der Waals surface area contributed by atoms with Crippen LogP contribution in [0.1, 0.15) is 86.0 Å². The average Bonchev–Trinajstić information content (AvgIpc) is 3.11. The molecule has 0 aromatic heterocycles. The van der Waals surface area contributed by atoms with Gasteiger partial charge in [0.15, 0.2) is 0 Å². The predicted molar refractivity (Wildman–Crippen MR) is 126 cm³/mol. The van der Waals surface area contributed by atoms with E-state index in [0.717, 1.165) is 44.9 Å². The van der Waals surface area contributed by atoms with Crippen molar-refractivity contribution < 1.29 is 19.4 Å². The second-order valence-electron chi connectivity index (χ2n) is 11.9. The fraction of sp³-hybridized carbons (Fsp3) is 0.857. The average molecular weight is 445 g/mol. The quantitative estimate of drug-likeness (QED) is 0.444. The van der Waals surface area contributed by atoms with Crippen molar-refractivity contribution in [1.29, 1.82) is 0 Å². The summed E-state index contributed by atoms with van der Waals surface area (Å²) >= 11 is 0. The lowest BCUT2D eigenvalue weighted by Gasteiger charge is -2.62. The molecule has 32 heavy (non-hydrogen) atoms. The molecule has 0 aromatic carbocycles. The number of aliphatic hydroxyl groups excluding tert-OH is 1. The van der Waals surface area contributed by atoms with Crippen LogP contribution in [0.2, 0.25) is 0 Å². The van der Waals surface area contributed by atoms with Crippen LogP contribution in [-0.4, -0.2) is 29.6 Å². The van der Waals surface area contributed by atoms with E-state index in [1.54, 1.807) is 6.08 Å². The van der Waals surface area contributed by atoms with Crippen molar-refractivity contribution in [3.05, 3.63) is 12.2 Å². The molecular weight excluding hydrogens is 400 g/mol. The van der Waals surface area contributed by atoms with E-state index >= 15 is 0 Å². The summed E-state index contributed by atoms with van der Waals surface area (Å²) in [5.74, 6) is 2.63. The Hall–Kier alpha value is -1.16. The van der Waals surface area contributed by atoms with Gasteiger partial charge in [-0.2, -0.15) is 0 Å². The standard InChI is InChI=1S/C28H44O4/c1-6-19-23-16-18(29)12-14-28(23,5)22-13-15-27(4)20(9-10-21(27)25(22)26(19)31)17(3)8-11-24(30)32-7-2/h8,11,17-23,25,29H,6-7,9-10,12-16H2,1-5H3/b11-8+/t17-,18-,19-,20?,21?,22?,23+,25?,27-,28-/m1/s1. The minimum absolute atomic E-state index is 0.110. The van der Waals surface area contributed by atoms with Gasteiger partial charge in [0, 0.05) is 17.9 Å². The lowest BCUT2D eigenvalue weighted by atomic mass is 9.42. The third-order valence-corrected chi connectivity index (χ3v) is 10.7. The first-order valence-corrected chi connectivity index (χ1v) is 13.2. The van der Waals surface area contributed by atoms with Crippen molar-refractivity contribution in [2.75, 3.05) is 6.61 Å². The topological polar surface area (TPSA) is 63.6 Å². The predicted octanol–water partition coefficient (Wildman–Crippen LogP) is 5.58. The SMILES string of the molecule is CCOC(=O)/C=C/[C@@H](C)C1CCC2C3C(=O)[C@H](CC)[C@@H]4C[C@H](O)CC[C@]4(C)C3CC[C@@]21C. The van der Waals surface area contributed by atoms with Gasteiger partial charge in [0.2, 0.25) is 0 Å². The molecule has 10 atom stereocenters. The molecule has 4 aliphatic rings. The second-order valence-corrected chi connectivity index (χ2v) is 11.9. The van der Waals surface area contributed by atoms with Crippen LogP contribution >= 0.6 is 0 Å². The summed E-state index contributed by atoms with van der Waals surface area (Å²) in [7, 11) is 0. The number of aliphatic hydroxyl groups is 1. The van der Waals surface area contributed by atoms with E-state index in [0.29, 0.717) is 42.0 Å². The van der Waals surface area contributed by atoms with Crippen LogP contribution in [0.3, 0.4) is 0 Å². The van der Waals surface area contributed by atoms with Gasteiger partial charge in [0.05, 0.1) is 12.7 Å². The zero-order valence-corrected chi connectivity index (χ0v) is 20.8. The molecule has 4 saturated carbocycles. The second kappa shape index (κ2) is 8.89. The van der Waals surface area contributed by atoms with Crippen molar-refractivity contribution >= 4 is 11.8 Å². The number of carbonyl (C=O) groups is 2. The lowest BCUT2D eigenvalue weighted by molar-refractivity contribution is -0.173. The van der Waals surface area contributed by atoms with Gasteiger partial charge < -0.3 is 9.84 Å². The van der Waals surface area contributed by atoms with Crippen molar-refractivity contribution in [2.24, 2.45) is 52.3 Å². The fourth-order valence-electron chi connectivity index (χ4n) is 9.09. The van der Waals surface area contributed by atoms with Gasteiger partial charge in [-0.1, -0.05) is 33.8 Å². The zero-order valence-electron chi connectivity index (χ0n) is 20.8. The maximum Gasteiger partial charge on any atom is 0.330 e. The number of ketones is 1. The fourth-order valence-corrected chi connectivity index (χ4v) is 9.09. The molecule has 1 N–H and O–H groups in total. The van der Waals surface area contributed by atoms with Crippen LogP contribution in [0, 0.1) is 52.3 Å². The van der Waals surface area contributed by atoms with Gasteiger partial charge in [-0.05, 0) is 98.7 Å². The van der Waals surface area contributed by atoms with E-state index in [-0.39, 0.29) is 34.7 Å². The maximum absolute atomic E-state index is 14.0. The Balaban J connectivity index is 1.60. The summed E-state index contributed by atoms with van der Waals surface area (Å²) in [5, 5.41) is 10.4. The monoisotopic (exact) mass is 444 g/mol. The summed E-state index contributed by atoms with van der Waals surface area (Å²) in [5.41, 5.74) is 0.345. The zero-order chi connectivity index (χ0) is 23.3. The molecule has 0 aromatic rings. The largest absolute Gasteiger partial charge is 0.463 e. The Labute approximate surface area is 194 Å². The van der Waals surface area contributed by atoms with Gasteiger partial charge in [0.1, 0.15) is 5.78 Å². The summed E-state index contributed by atoms with van der Waals surface area (Å²) < 4.78 is 5.08. The number of carbonyl (C=O) groups excluding carboxylic acids is 2. The highest BCUT2D eigenvalue weighted by Gasteiger charge is 2.64. The number of fused-ring (bicyclic) bond motifs is 5. The van der Waals surface area contributed by atoms with Crippen molar-refractivity contribution in [3.63, 3.8) is 0 Å². The molecule has 0 spiro atoms. The van der Waals surface area contributed by atoms with E-state index in [2.05, 4.69) is 27.7 Å². The number of hydrogen-bond donors (Lipinski definition) is 1. The van der Waals surface area contributed by atoms with Crippen LogP contribution in [-0.2, 0) is 14.3 Å². The van der Waals surface area contributed by atoms with Gasteiger partial charge in [0.25, 0.3) is 0 Å². The molecule has 0 amide bonds. The number of allylic oxidation sites excluding steroid dienone is 1. The highest BCUT2D eigenvalue weighted by Crippen LogP contribution is 2.68. The van der Waals surface area contributed by atoms with Gasteiger partial charge >= 0.3 is 5.97 Å². The molecule has 180 valence electrons. The molecule has 4 nitrogen and oxygen atoms in total. The highest BCUT2D eigenvalue weighted by atomic mass is 16.5. The first-order chi connectivity index (χ1) is 15.2. The number of ether oxygens (including phenoxy) is 1. The van der Waals surface area contributed by atoms with E-state index in [1.807, 2.05) is 13.0 Å². The summed E-state index contributed by atoms with van der Waals surface area (Å²) in [6.45, 7) is 11.5. The van der Waals surface area contributed by atoms with Crippen LogP contribution in [0.25, 0.3) is 0 Å². The molecule has 4 aliphatic carbocycles. The first-order valence-electron chi connectivity index (χ1n) is 13.2. The molecule has 4 rings (SSSR count). The summed E-state index contributed by atoms with van der Waals surface area (Å²) in [6.07, 6.45) is 11.7. The van der Waals surface area contributed by atoms with Crippen molar-refractivity contribution in [1.82, 2.24) is 0 Å². The third-order valence-electron chi connectivity index (χ3n) is 10.7. The molecule has 0 radical (unpaired) electrons. The summed E-state index contributed by atoms with van der Waals surface area (Å²) in [4.78, 5) is 25.8. The van der Waals surface area contributed by atoms with Crippen LogP contribution in [0.5, 0.6) is 0 Å². The minimum Gasteiger partial charge on any atom is -0.463 e. The number of esters is 1. The normalized spacial score (nSPS) is 46.9. The molecule has 4 unspecified atom stereocenters. The van der Waals surface area contributed by atoms with E-state index in [4.69, 9.17) is 4.74 Å². The number of hydrogen-bond acceptors (Lipinski definition) is 4.